The van der Waals surface area contributed by atoms with Crippen molar-refractivity contribution in [3.63, 3.8) is 0 Å². The third-order valence-electron chi connectivity index (χ3n) is 6.10. The average molecular weight is 463 g/mol. The number of benzene rings is 2. The van der Waals surface area contributed by atoms with Gasteiger partial charge in [-0.25, -0.2) is 4.98 Å². The van der Waals surface area contributed by atoms with Gasteiger partial charge in [0.1, 0.15) is 5.82 Å². The largest absolute Gasteiger partial charge is 0.310 e. The number of aromatic nitrogens is 3. The molecule has 5 rings (SSSR count). The molecule has 0 atom stereocenters. The molecule has 32 heavy (non-hydrogen) atoms. The number of rotatable bonds is 5. The van der Waals surface area contributed by atoms with Crippen LogP contribution in [0, 0.1) is 6.92 Å². The molecule has 1 N–H and O–H groups in total. The molecule has 2 heterocycles. The number of nitrogens with zero attached hydrogens (tertiary/aromatic N) is 3. The molecule has 0 aliphatic heterocycles. The quantitative estimate of drug-likeness (QED) is 0.373. The fourth-order valence-electron chi connectivity index (χ4n) is 4.47. The van der Waals surface area contributed by atoms with Gasteiger partial charge >= 0.3 is 0 Å². The van der Waals surface area contributed by atoms with Crippen LogP contribution in [0.5, 0.6) is 0 Å². The zero-order valence-corrected chi connectivity index (χ0v) is 19.3. The van der Waals surface area contributed by atoms with Crippen molar-refractivity contribution in [3.05, 3.63) is 82.3 Å². The van der Waals surface area contributed by atoms with Crippen LogP contribution >= 0.6 is 22.9 Å². The molecule has 0 bridgehead atoms. The minimum Gasteiger partial charge on any atom is -0.310 e. The molecule has 5 nitrogen and oxygen atoms in total. The van der Waals surface area contributed by atoms with Gasteiger partial charge in [-0.1, -0.05) is 66.9 Å². The molecule has 2 aromatic heterocycles. The Morgan fingerprint density at radius 3 is 2.53 bits per heavy atom. The molecule has 1 aliphatic rings. The Morgan fingerprint density at radius 1 is 1.09 bits per heavy atom. The lowest BCUT2D eigenvalue weighted by atomic mass is 9.78. The first-order valence-corrected chi connectivity index (χ1v) is 12.0. The second-order valence-electron chi connectivity index (χ2n) is 8.21. The summed E-state index contributed by atoms with van der Waals surface area (Å²) in [5.74, 6) is 0.639. The highest BCUT2D eigenvalue weighted by atomic mass is 35.5. The van der Waals surface area contributed by atoms with Gasteiger partial charge < -0.3 is 5.32 Å². The number of aryl methyl sites for hydroxylation is 1. The zero-order valence-electron chi connectivity index (χ0n) is 17.7. The maximum atomic E-state index is 13.6. The van der Waals surface area contributed by atoms with E-state index in [0.717, 1.165) is 53.3 Å². The second kappa shape index (κ2) is 8.52. The van der Waals surface area contributed by atoms with E-state index in [9.17, 15) is 4.79 Å². The van der Waals surface area contributed by atoms with Crippen molar-refractivity contribution in [2.24, 2.45) is 0 Å². The number of anilines is 1. The van der Waals surface area contributed by atoms with Gasteiger partial charge in [-0.2, -0.15) is 9.78 Å². The lowest BCUT2D eigenvalue weighted by Gasteiger charge is -2.28. The summed E-state index contributed by atoms with van der Waals surface area (Å²) in [6, 6.07) is 19.6. The van der Waals surface area contributed by atoms with Gasteiger partial charge in [-0.15, -0.1) is 11.3 Å². The van der Waals surface area contributed by atoms with Crippen molar-refractivity contribution in [2.45, 2.75) is 38.0 Å². The lowest BCUT2D eigenvalue weighted by Crippen LogP contribution is -2.38. The first-order chi connectivity index (χ1) is 15.5. The molecular weight excluding hydrogens is 440 g/mol. The van der Waals surface area contributed by atoms with Gasteiger partial charge in [0.2, 0.25) is 11.0 Å². The number of carbonyl (C=O) groups is 1. The number of hydrogen-bond donors (Lipinski definition) is 1. The number of thiazole rings is 1. The second-order valence-corrected chi connectivity index (χ2v) is 9.49. The molecule has 4 aromatic rings. The number of nitrogens with one attached hydrogen (secondary N) is 1. The molecule has 7 heteroatoms. The fraction of sp³-hybridized carbons (Fsp3) is 0.240. The van der Waals surface area contributed by atoms with Crippen LogP contribution in [0.15, 0.2) is 66.0 Å². The van der Waals surface area contributed by atoms with Crippen LogP contribution in [0.3, 0.4) is 0 Å². The van der Waals surface area contributed by atoms with Gasteiger partial charge in [-0.3, -0.25) is 4.79 Å². The van der Waals surface area contributed by atoms with Crippen LogP contribution in [0.25, 0.3) is 16.4 Å². The van der Waals surface area contributed by atoms with Crippen molar-refractivity contribution in [1.29, 1.82) is 0 Å². The fourth-order valence-corrected chi connectivity index (χ4v) is 5.39. The van der Waals surface area contributed by atoms with E-state index in [0.29, 0.717) is 10.8 Å². The van der Waals surface area contributed by atoms with Crippen LogP contribution in [0.1, 0.15) is 36.9 Å². The molecule has 1 saturated carbocycles. The van der Waals surface area contributed by atoms with Crippen LogP contribution in [-0.2, 0) is 10.2 Å². The third kappa shape index (κ3) is 3.85. The monoisotopic (exact) mass is 462 g/mol. The molecule has 0 unspecified atom stereocenters. The average Bonchev–Trinajstić information content (AvgIpc) is 3.55. The van der Waals surface area contributed by atoms with E-state index >= 15 is 0 Å². The summed E-state index contributed by atoms with van der Waals surface area (Å²) in [6.07, 6.45) is 3.70. The summed E-state index contributed by atoms with van der Waals surface area (Å²) >= 11 is 7.60. The van der Waals surface area contributed by atoms with Gasteiger partial charge in [0.15, 0.2) is 0 Å². The Balaban J connectivity index is 1.46. The molecule has 1 fully saturated rings. The highest BCUT2D eigenvalue weighted by molar-refractivity contribution is 7.12. The summed E-state index contributed by atoms with van der Waals surface area (Å²) in [6.45, 7) is 1.92. The predicted molar refractivity (Wildman–Crippen MR) is 130 cm³/mol. The normalized spacial score (nSPS) is 15.1. The molecule has 2 aromatic carbocycles. The Morgan fingerprint density at radius 2 is 1.81 bits per heavy atom. The van der Waals surface area contributed by atoms with Crippen LogP contribution < -0.4 is 5.32 Å². The van der Waals surface area contributed by atoms with E-state index in [1.165, 1.54) is 11.3 Å². The number of hydrogen-bond acceptors (Lipinski definition) is 4. The molecule has 0 radical (unpaired) electrons. The summed E-state index contributed by atoms with van der Waals surface area (Å²) in [5.41, 5.74) is 3.23. The first kappa shape index (κ1) is 20.9. The van der Waals surface area contributed by atoms with E-state index in [2.05, 4.69) is 10.4 Å². The smallest absolute Gasteiger partial charge is 0.236 e. The van der Waals surface area contributed by atoms with Gasteiger partial charge in [0.25, 0.3) is 0 Å². The maximum absolute atomic E-state index is 13.6. The Kier molecular flexibility index (Phi) is 5.57. The Hall–Kier alpha value is -2.96. The standard InChI is InChI=1S/C25H23ClN4OS/c1-17-15-22(30(29-17)24-27-21(16-32-24)18-7-3-2-4-8-18)28-23(31)25(13-5-6-14-25)19-9-11-20(26)12-10-19/h2-4,7-12,15-16H,5-6,13-14H2,1H3,(H,28,31). The minimum atomic E-state index is -0.550. The highest BCUT2D eigenvalue weighted by Gasteiger charge is 2.43. The SMILES string of the molecule is Cc1cc(NC(=O)C2(c3ccc(Cl)cc3)CCCC2)n(-c2nc(-c3ccccc3)cs2)n1. The summed E-state index contributed by atoms with van der Waals surface area (Å²) in [7, 11) is 0. The minimum absolute atomic E-state index is 0.00156. The van der Waals surface area contributed by atoms with Gasteiger partial charge in [0, 0.05) is 22.0 Å². The summed E-state index contributed by atoms with van der Waals surface area (Å²) in [5, 5.41) is 11.2. The highest BCUT2D eigenvalue weighted by Crippen LogP contribution is 2.42. The van der Waals surface area contributed by atoms with E-state index < -0.39 is 5.41 Å². The van der Waals surface area contributed by atoms with Crippen LogP contribution in [-0.4, -0.2) is 20.7 Å². The van der Waals surface area contributed by atoms with E-state index in [-0.39, 0.29) is 5.91 Å². The first-order valence-electron chi connectivity index (χ1n) is 10.7. The third-order valence-corrected chi connectivity index (χ3v) is 7.17. The molecule has 0 spiro atoms. The van der Waals surface area contributed by atoms with Crippen molar-refractivity contribution < 1.29 is 4.79 Å². The number of halogens is 1. The van der Waals surface area contributed by atoms with E-state index in [4.69, 9.17) is 16.6 Å². The molecule has 1 amide bonds. The molecular formula is C25H23ClN4OS. The van der Waals surface area contributed by atoms with Crippen molar-refractivity contribution in [1.82, 2.24) is 14.8 Å². The lowest BCUT2D eigenvalue weighted by molar-refractivity contribution is -0.121. The Labute approximate surface area is 196 Å². The van der Waals surface area contributed by atoms with Crippen molar-refractivity contribution in [2.75, 3.05) is 5.32 Å². The van der Waals surface area contributed by atoms with Gasteiger partial charge in [0.05, 0.1) is 16.8 Å². The van der Waals surface area contributed by atoms with Crippen LogP contribution in [0.2, 0.25) is 5.02 Å². The van der Waals surface area contributed by atoms with Crippen LogP contribution in [0.4, 0.5) is 5.82 Å². The van der Waals surface area contributed by atoms with E-state index in [1.807, 2.05) is 73.0 Å². The molecule has 162 valence electrons. The Bertz CT molecular complexity index is 1240. The number of amides is 1. The zero-order chi connectivity index (χ0) is 22.1. The topological polar surface area (TPSA) is 59.8 Å². The summed E-state index contributed by atoms with van der Waals surface area (Å²) < 4.78 is 1.73. The van der Waals surface area contributed by atoms with Crippen molar-refractivity contribution >= 4 is 34.7 Å². The molecule has 0 saturated heterocycles. The van der Waals surface area contributed by atoms with E-state index in [1.54, 1.807) is 4.68 Å². The van der Waals surface area contributed by atoms with Gasteiger partial charge in [-0.05, 0) is 37.5 Å². The van der Waals surface area contributed by atoms with Crippen molar-refractivity contribution in [3.8, 4) is 16.4 Å². The molecule has 1 aliphatic carbocycles. The summed E-state index contributed by atoms with van der Waals surface area (Å²) in [4.78, 5) is 18.4. The maximum Gasteiger partial charge on any atom is 0.236 e. The number of carbonyl (C=O) groups excluding carboxylic acids is 1. The predicted octanol–water partition coefficient (Wildman–Crippen LogP) is 6.41.